The molecule has 1 rings (SSSR count). The summed E-state index contributed by atoms with van der Waals surface area (Å²) in [6.45, 7) is 4.08. The second kappa shape index (κ2) is 8.99. The largest absolute Gasteiger partial charge is 0.385 e. The lowest BCUT2D eigenvalue weighted by Gasteiger charge is -2.21. The van der Waals surface area contributed by atoms with E-state index in [-0.39, 0.29) is 4.90 Å². The second-order valence-corrected chi connectivity index (χ2v) is 6.38. The van der Waals surface area contributed by atoms with Gasteiger partial charge in [-0.15, -0.1) is 0 Å². The van der Waals surface area contributed by atoms with Crippen LogP contribution in [0.2, 0.25) is 0 Å². The van der Waals surface area contributed by atoms with Crippen LogP contribution in [0.15, 0.2) is 29.2 Å². The Balaban J connectivity index is 2.92. The van der Waals surface area contributed by atoms with Crippen LogP contribution < -0.4 is 5.32 Å². The number of sulfonamides is 1. The van der Waals surface area contributed by atoms with Crippen LogP contribution in [0.25, 0.3) is 0 Å². The quantitative estimate of drug-likeness (QED) is 0.707. The third-order valence-electron chi connectivity index (χ3n) is 2.96. The summed E-state index contributed by atoms with van der Waals surface area (Å²) in [5.41, 5.74) is 0.900. The van der Waals surface area contributed by atoms with Gasteiger partial charge in [-0.1, -0.05) is 0 Å². The summed E-state index contributed by atoms with van der Waals surface area (Å²) < 4.78 is 36.5. The van der Waals surface area contributed by atoms with Crippen LogP contribution in [-0.2, 0) is 19.5 Å². The normalized spacial score (nSPS) is 11.8. The number of hydrogen-bond acceptors (Lipinski definition) is 5. The highest BCUT2D eigenvalue weighted by Gasteiger charge is 2.23. The van der Waals surface area contributed by atoms with Crippen LogP contribution >= 0.6 is 0 Å². The SMILES string of the molecule is CCNc1ccc(S(=O)(=O)N(CCOC)CCOC)cc1. The summed E-state index contributed by atoms with van der Waals surface area (Å²) in [5, 5.41) is 3.14. The predicted octanol–water partition coefficient (Wildman–Crippen LogP) is 1.40. The summed E-state index contributed by atoms with van der Waals surface area (Å²) in [7, 11) is -0.436. The number of rotatable bonds is 10. The Bertz CT molecular complexity index is 494. The molecule has 0 aliphatic carbocycles. The molecular formula is C14H24N2O4S. The molecule has 0 spiro atoms. The van der Waals surface area contributed by atoms with Gasteiger partial charge < -0.3 is 14.8 Å². The first-order chi connectivity index (χ1) is 10.1. The van der Waals surface area contributed by atoms with Crippen molar-refractivity contribution >= 4 is 15.7 Å². The van der Waals surface area contributed by atoms with Crippen molar-refractivity contribution in [1.82, 2.24) is 4.31 Å². The summed E-state index contributed by atoms with van der Waals surface area (Å²) >= 11 is 0. The lowest BCUT2D eigenvalue weighted by atomic mass is 10.3. The predicted molar refractivity (Wildman–Crippen MR) is 83.1 cm³/mol. The minimum Gasteiger partial charge on any atom is -0.385 e. The molecular weight excluding hydrogens is 292 g/mol. The Labute approximate surface area is 127 Å². The maximum Gasteiger partial charge on any atom is 0.243 e. The van der Waals surface area contributed by atoms with E-state index in [0.29, 0.717) is 26.3 Å². The molecule has 0 aliphatic heterocycles. The van der Waals surface area contributed by atoms with Crippen molar-refractivity contribution in [2.75, 3.05) is 52.4 Å². The first-order valence-corrected chi connectivity index (χ1v) is 8.32. The van der Waals surface area contributed by atoms with Gasteiger partial charge in [-0.25, -0.2) is 8.42 Å². The molecule has 120 valence electrons. The molecule has 1 aromatic rings. The van der Waals surface area contributed by atoms with Crippen LogP contribution in [0.3, 0.4) is 0 Å². The molecule has 1 N–H and O–H groups in total. The fourth-order valence-electron chi connectivity index (χ4n) is 1.84. The Morgan fingerprint density at radius 2 is 1.57 bits per heavy atom. The third-order valence-corrected chi connectivity index (χ3v) is 4.88. The minimum absolute atomic E-state index is 0.274. The smallest absolute Gasteiger partial charge is 0.243 e. The molecule has 0 unspecified atom stereocenters. The van der Waals surface area contributed by atoms with E-state index in [1.165, 1.54) is 4.31 Å². The van der Waals surface area contributed by atoms with Gasteiger partial charge >= 0.3 is 0 Å². The van der Waals surface area contributed by atoms with Crippen molar-refractivity contribution in [2.24, 2.45) is 0 Å². The summed E-state index contributed by atoms with van der Waals surface area (Å²) in [4.78, 5) is 0.274. The van der Waals surface area contributed by atoms with Gasteiger partial charge in [0.2, 0.25) is 10.0 Å². The number of methoxy groups -OCH3 is 2. The second-order valence-electron chi connectivity index (χ2n) is 4.44. The Morgan fingerprint density at radius 1 is 1.05 bits per heavy atom. The number of anilines is 1. The first kappa shape index (κ1) is 17.9. The van der Waals surface area contributed by atoms with Gasteiger partial charge in [0.1, 0.15) is 0 Å². The first-order valence-electron chi connectivity index (χ1n) is 6.88. The molecule has 0 amide bonds. The number of hydrogen-bond donors (Lipinski definition) is 1. The maximum absolute atomic E-state index is 12.6. The van der Waals surface area contributed by atoms with Gasteiger partial charge in [0.25, 0.3) is 0 Å². The molecule has 7 heteroatoms. The fraction of sp³-hybridized carbons (Fsp3) is 0.571. The molecule has 0 fully saturated rings. The van der Waals surface area contributed by atoms with Crippen LogP contribution in [0.1, 0.15) is 6.92 Å². The Kier molecular flexibility index (Phi) is 7.66. The standard InChI is InChI=1S/C14H24N2O4S/c1-4-15-13-5-7-14(8-6-13)21(17,18)16(9-11-19-2)10-12-20-3/h5-8,15H,4,9-12H2,1-3H3. The molecule has 0 saturated heterocycles. The van der Waals surface area contributed by atoms with E-state index in [1.54, 1.807) is 38.5 Å². The highest BCUT2D eigenvalue weighted by Crippen LogP contribution is 2.18. The number of benzene rings is 1. The summed E-state index contributed by atoms with van der Waals surface area (Å²) in [5.74, 6) is 0. The van der Waals surface area contributed by atoms with Crippen molar-refractivity contribution in [3.63, 3.8) is 0 Å². The zero-order chi connectivity index (χ0) is 15.7. The van der Waals surface area contributed by atoms with Gasteiger partial charge in [0, 0.05) is 39.5 Å². The monoisotopic (exact) mass is 316 g/mol. The number of nitrogens with zero attached hydrogens (tertiary/aromatic N) is 1. The van der Waals surface area contributed by atoms with Crippen molar-refractivity contribution < 1.29 is 17.9 Å². The van der Waals surface area contributed by atoms with Crippen LogP contribution in [-0.4, -0.2) is 59.8 Å². The van der Waals surface area contributed by atoms with Crippen molar-refractivity contribution in [1.29, 1.82) is 0 Å². The van der Waals surface area contributed by atoms with Crippen LogP contribution in [0, 0.1) is 0 Å². The lowest BCUT2D eigenvalue weighted by molar-refractivity contribution is 0.150. The average Bonchev–Trinajstić information content (AvgIpc) is 2.48. The van der Waals surface area contributed by atoms with Crippen LogP contribution in [0.5, 0.6) is 0 Å². The van der Waals surface area contributed by atoms with Gasteiger partial charge in [0.15, 0.2) is 0 Å². The van der Waals surface area contributed by atoms with E-state index in [9.17, 15) is 8.42 Å². The fourth-order valence-corrected chi connectivity index (χ4v) is 3.24. The van der Waals surface area contributed by atoms with Crippen molar-refractivity contribution in [2.45, 2.75) is 11.8 Å². The van der Waals surface area contributed by atoms with E-state index in [4.69, 9.17) is 9.47 Å². The van der Waals surface area contributed by atoms with Crippen LogP contribution in [0.4, 0.5) is 5.69 Å². The molecule has 0 atom stereocenters. The van der Waals surface area contributed by atoms with E-state index in [1.807, 2.05) is 6.92 Å². The van der Waals surface area contributed by atoms with E-state index < -0.39 is 10.0 Å². The number of ether oxygens (including phenoxy) is 2. The maximum atomic E-state index is 12.6. The summed E-state index contributed by atoms with van der Waals surface area (Å²) in [6.07, 6.45) is 0. The average molecular weight is 316 g/mol. The molecule has 6 nitrogen and oxygen atoms in total. The number of nitrogens with one attached hydrogen (secondary N) is 1. The molecule has 0 aliphatic rings. The van der Waals surface area contributed by atoms with E-state index in [2.05, 4.69) is 5.32 Å². The molecule has 1 aromatic carbocycles. The van der Waals surface area contributed by atoms with Gasteiger partial charge in [-0.05, 0) is 31.2 Å². The zero-order valence-corrected chi connectivity index (χ0v) is 13.6. The van der Waals surface area contributed by atoms with Gasteiger partial charge in [-0.3, -0.25) is 0 Å². The molecule has 21 heavy (non-hydrogen) atoms. The van der Waals surface area contributed by atoms with Crippen molar-refractivity contribution in [3.8, 4) is 0 Å². The zero-order valence-electron chi connectivity index (χ0n) is 12.8. The third kappa shape index (κ3) is 5.28. The topological polar surface area (TPSA) is 67.9 Å². The van der Waals surface area contributed by atoms with Gasteiger partial charge in [0.05, 0.1) is 18.1 Å². The Morgan fingerprint density at radius 3 is 2.00 bits per heavy atom. The molecule has 0 radical (unpaired) electrons. The minimum atomic E-state index is -3.53. The molecule has 0 aromatic heterocycles. The van der Waals surface area contributed by atoms with Gasteiger partial charge in [-0.2, -0.15) is 4.31 Å². The lowest BCUT2D eigenvalue weighted by Crippen LogP contribution is -2.36. The highest BCUT2D eigenvalue weighted by atomic mass is 32.2. The Hall–Kier alpha value is -1.15. The van der Waals surface area contributed by atoms with Crippen molar-refractivity contribution in [3.05, 3.63) is 24.3 Å². The van der Waals surface area contributed by atoms with E-state index >= 15 is 0 Å². The highest BCUT2D eigenvalue weighted by molar-refractivity contribution is 7.89. The summed E-state index contributed by atoms with van der Waals surface area (Å²) in [6, 6.07) is 6.75. The molecule has 0 heterocycles. The van der Waals surface area contributed by atoms with E-state index in [0.717, 1.165) is 12.2 Å². The molecule has 0 bridgehead atoms. The molecule has 0 saturated carbocycles.